The topological polar surface area (TPSA) is 133 Å². The molecule has 10 heteroatoms. The number of pyridine rings is 2. The largest absolute Gasteiger partial charge is 0.476 e. The zero-order valence-corrected chi connectivity index (χ0v) is 22.3. The molecule has 2 aromatic heterocycles. The van der Waals surface area contributed by atoms with Crippen molar-refractivity contribution < 1.29 is 23.4 Å². The first kappa shape index (κ1) is 25.7. The number of aromatic nitrogens is 2. The van der Waals surface area contributed by atoms with Gasteiger partial charge in [0.05, 0.1) is 16.7 Å². The van der Waals surface area contributed by atoms with Gasteiger partial charge in [0.2, 0.25) is 9.84 Å². The third-order valence-corrected chi connectivity index (χ3v) is 10.5. The van der Waals surface area contributed by atoms with Gasteiger partial charge in [-0.2, -0.15) is 5.26 Å². The second kappa shape index (κ2) is 8.73. The number of halogens is 1. The highest BCUT2D eigenvalue weighted by Crippen LogP contribution is 2.69. The zero-order valence-electron chi connectivity index (χ0n) is 20.8. The molecule has 2 aliphatic carbocycles. The number of sulfone groups is 1. The summed E-state index contributed by atoms with van der Waals surface area (Å²) in [5, 5.41) is 32.7. The number of nitriles is 1. The Morgan fingerprint density at radius 2 is 1.92 bits per heavy atom. The highest BCUT2D eigenvalue weighted by molar-refractivity contribution is 7.92. The number of aliphatic hydroxyl groups excluding tert-OH is 1. The van der Waals surface area contributed by atoms with Crippen LogP contribution in [0.25, 0.3) is 0 Å². The smallest absolute Gasteiger partial charge is 0.201 e. The minimum Gasteiger partial charge on any atom is -0.476 e. The minimum atomic E-state index is -4.34. The molecule has 0 spiro atoms. The van der Waals surface area contributed by atoms with Crippen LogP contribution in [0.2, 0.25) is 5.02 Å². The van der Waals surface area contributed by atoms with Crippen molar-refractivity contribution in [2.45, 2.75) is 40.9 Å². The molecule has 2 N–H and O–H groups in total. The Morgan fingerprint density at radius 3 is 2.56 bits per heavy atom. The molecular formula is C29H24ClN3O5S. The molecule has 0 saturated heterocycles. The minimum absolute atomic E-state index is 0.00795. The first-order chi connectivity index (χ1) is 18.6. The van der Waals surface area contributed by atoms with Crippen LogP contribution in [0.1, 0.15) is 30.2 Å². The van der Waals surface area contributed by atoms with Gasteiger partial charge in [0.1, 0.15) is 22.8 Å². The number of rotatable bonds is 4. The normalized spacial score (nSPS) is 32.7. The van der Waals surface area contributed by atoms with E-state index in [4.69, 9.17) is 16.3 Å². The lowest BCUT2D eigenvalue weighted by atomic mass is 9.62. The predicted octanol–water partition coefficient (Wildman–Crippen LogP) is 3.83. The van der Waals surface area contributed by atoms with Crippen LogP contribution in [0.3, 0.4) is 0 Å². The number of nitrogens with zero attached hydrogens (tertiary/aromatic N) is 3. The number of allylic oxidation sites excluding steroid dienone is 4. The van der Waals surface area contributed by atoms with E-state index in [2.05, 4.69) is 16.0 Å². The lowest BCUT2D eigenvalue weighted by Crippen LogP contribution is -2.55. The van der Waals surface area contributed by atoms with Crippen molar-refractivity contribution >= 4 is 21.4 Å². The van der Waals surface area contributed by atoms with E-state index in [0.717, 1.165) is 0 Å². The average Bonchev–Trinajstić information content (AvgIpc) is 3.32. The molecule has 1 unspecified atom stereocenters. The fraction of sp³-hybridized carbons (Fsp3) is 0.276. The van der Waals surface area contributed by atoms with E-state index >= 15 is 0 Å². The Morgan fingerprint density at radius 1 is 1.15 bits per heavy atom. The molecule has 0 radical (unpaired) electrons. The number of ether oxygens (including phenoxy) is 1. The van der Waals surface area contributed by atoms with Gasteiger partial charge >= 0.3 is 0 Å². The summed E-state index contributed by atoms with van der Waals surface area (Å²) in [6.07, 6.45) is 8.73. The van der Waals surface area contributed by atoms with Crippen LogP contribution in [0, 0.1) is 22.7 Å². The van der Waals surface area contributed by atoms with Crippen molar-refractivity contribution in [2.24, 2.45) is 11.3 Å². The summed E-state index contributed by atoms with van der Waals surface area (Å²) in [6.45, 7) is 1.88. The van der Waals surface area contributed by atoms with Crippen molar-refractivity contribution in [3.8, 4) is 11.8 Å². The van der Waals surface area contributed by atoms with E-state index in [0.29, 0.717) is 17.5 Å². The first-order valence-electron chi connectivity index (χ1n) is 12.3. The number of fused-ring (bicyclic) bond motifs is 3. The van der Waals surface area contributed by atoms with E-state index in [1.165, 1.54) is 24.5 Å². The molecule has 8 nitrogen and oxygen atoms in total. The summed E-state index contributed by atoms with van der Waals surface area (Å²) in [7, 11) is -4.34. The van der Waals surface area contributed by atoms with Crippen LogP contribution < -0.4 is 4.74 Å². The van der Waals surface area contributed by atoms with E-state index in [-0.39, 0.29) is 21.5 Å². The number of benzene rings is 1. The van der Waals surface area contributed by atoms with Crippen molar-refractivity contribution in [1.29, 1.82) is 5.26 Å². The summed E-state index contributed by atoms with van der Waals surface area (Å²) in [4.78, 5) is 8.46. The second-order valence-electron chi connectivity index (χ2n) is 10.4. The van der Waals surface area contributed by atoms with Crippen LogP contribution in [0.5, 0.6) is 5.75 Å². The lowest BCUT2D eigenvalue weighted by molar-refractivity contribution is -0.166. The summed E-state index contributed by atoms with van der Waals surface area (Å²) < 4.78 is 35.3. The third-order valence-electron chi connectivity index (χ3n) is 8.25. The molecule has 39 heavy (non-hydrogen) atoms. The van der Waals surface area contributed by atoms with E-state index in [1.807, 2.05) is 31.2 Å². The fourth-order valence-electron chi connectivity index (χ4n) is 6.59. The fourth-order valence-corrected chi connectivity index (χ4v) is 8.89. The molecule has 1 aromatic carbocycles. The van der Waals surface area contributed by atoms with Gasteiger partial charge < -0.3 is 14.9 Å². The average molecular weight is 562 g/mol. The molecule has 6 rings (SSSR count). The Bertz CT molecular complexity index is 1670. The van der Waals surface area contributed by atoms with Crippen LogP contribution in [0.4, 0.5) is 0 Å². The number of hydrogen-bond donors (Lipinski definition) is 2. The lowest BCUT2D eigenvalue weighted by Gasteiger charge is -2.47. The highest BCUT2D eigenvalue weighted by Gasteiger charge is 2.81. The molecule has 1 aliphatic heterocycles. The van der Waals surface area contributed by atoms with E-state index in [1.54, 1.807) is 36.4 Å². The van der Waals surface area contributed by atoms with Gasteiger partial charge in [-0.25, -0.2) is 13.4 Å². The number of aliphatic hydroxyl groups is 2. The second-order valence-corrected chi connectivity index (χ2v) is 12.9. The van der Waals surface area contributed by atoms with Gasteiger partial charge in [0, 0.05) is 24.4 Å². The zero-order chi connectivity index (χ0) is 27.6. The molecule has 1 fully saturated rings. The Hall–Kier alpha value is -3.55. The van der Waals surface area contributed by atoms with E-state index in [9.17, 15) is 23.9 Å². The Labute approximate surface area is 230 Å². The maximum absolute atomic E-state index is 14.3. The van der Waals surface area contributed by atoms with Crippen molar-refractivity contribution in [3.63, 3.8) is 0 Å². The monoisotopic (exact) mass is 561 g/mol. The van der Waals surface area contributed by atoms with Gasteiger partial charge in [-0.3, -0.25) is 4.98 Å². The molecule has 0 bridgehead atoms. The van der Waals surface area contributed by atoms with Crippen LogP contribution in [0.15, 0.2) is 90.3 Å². The van der Waals surface area contributed by atoms with Crippen molar-refractivity contribution in [3.05, 3.63) is 107 Å². The van der Waals surface area contributed by atoms with E-state index < -0.39 is 43.7 Å². The van der Waals surface area contributed by atoms with Crippen LogP contribution in [-0.2, 0) is 21.0 Å². The van der Waals surface area contributed by atoms with Gasteiger partial charge in [-0.1, -0.05) is 61.0 Å². The summed E-state index contributed by atoms with van der Waals surface area (Å²) >= 11 is 6.24. The summed E-state index contributed by atoms with van der Waals surface area (Å²) in [5.41, 5.74) is -4.27. The first-order valence-corrected chi connectivity index (χ1v) is 14.3. The maximum Gasteiger partial charge on any atom is 0.201 e. The standard InChI is InChI=1S/C29H24ClN3O5S/c1-27(12-4-2-5-13-27)24-23(39(36,37)22-7-3-6-14-32-22)26(34)28(35)25-21(15-20(30)17-33-25)38-29(24,28)19-10-8-18(16-31)9-11-19/h2-12,14-15,17,23-24,26,34-35H,13H2,1H3/t23-,24+,26-,27?,28+,29+/m1/s1. The maximum atomic E-state index is 14.3. The highest BCUT2D eigenvalue weighted by atomic mass is 35.5. The van der Waals surface area contributed by atoms with Crippen molar-refractivity contribution in [1.82, 2.24) is 9.97 Å². The Balaban J connectivity index is 1.71. The third kappa shape index (κ3) is 3.39. The summed E-state index contributed by atoms with van der Waals surface area (Å²) in [5.74, 6) is -0.898. The molecule has 3 aromatic rings. The van der Waals surface area contributed by atoms with Crippen LogP contribution >= 0.6 is 11.6 Å². The molecular weight excluding hydrogens is 538 g/mol. The summed E-state index contributed by atoms with van der Waals surface area (Å²) in [6, 6.07) is 14.5. The van der Waals surface area contributed by atoms with Gasteiger partial charge in [-0.15, -0.1) is 0 Å². The van der Waals surface area contributed by atoms with Crippen LogP contribution in [-0.4, -0.2) is 40.0 Å². The molecule has 6 atom stereocenters. The quantitative estimate of drug-likeness (QED) is 0.491. The molecule has 0 amide bonds. The van der Waals surface area contributed by atoms with Gasteiger partial charge in [0.15, 0.2) is 16.2 Å². The predicted molar refractivity (Wildman–Crippen MR) is 142 cm³/mol. The number of hydrogen-bond acceptors (Lipinski definition) is 8. The van der Waals surface area contributed by atoms with Crippen molar-refractivity contribution in [2.75, 3.05) is 0 Å². The molecule has 198 valence electrons. The Kier molecular flexibility index (Phi) is 5.76. The van der Waals surface area contributed by atoms with Gasteiger partial charge in [-0.05, 0) is 41.7 Å². The van der Waals surface area contributed by atoms with Gasteiger partial charge in [0.25, 0.3) is 0 Å². The molecule has 3 heterocycles. The SMILES string of the molecule is CC1([C@@H]2[C@@H](S(=O)(=O)c3ccccn3)[C@@H](O)[C@@]3(O)c4ncc(Cl)cc4O[C@@]23c2ccc(C#N)cc2)C=CC=CC1. The molecule has 3 aliphatic rings. The molecule has 1 saturated carbocycles.